The van der Waals surface area contributed by atoms with Gasteiger partial charge in [0.2, 0.25) is 0 Å². The number of hydrogen-bond donors (Lipinski definition) is 1. The molecule has 0 aliphatic carbocycles. The summed E-state index contributed by atoms with van der Waals surface area (Å²) in [5, 5.41) is 0. The minimum absolute atomic E-state index is 0.268. The molecule has 0 bridgehead atoms. The molecular weight excluding hydrogens is 358 g/mol. The largest absolute Gasteiger partial charge is 0.494 e. The van der Waals surface area contributed by atoms with Crippen molar-refractivity contribution in [1.29, 1.82) is 0 Å². The van der Waals surface area contributed by atoms with E-state index in [1.807, 2.05) is 0 Å². The third-order valence-electron chi connectivity index (χ3n) is 5.21. The van der Waals surface area contributed by atoms with Gasteiger partial charge in [-0.1, -0.05) is 63.3 Å². The monoisotopic (exact) mass is 397 g/mol. The molecule has 1 unspecified atom stereocenters. The zero-order valence-corrected chi connectivity index (χ0v) is 18.4. The molecular formula is C26H39NO2. The summed E-state index contributed by atoms with van der Waals surface area (Å²) >= 11 is 0. The number of benzene rings is 2. The lowest BCUT2D eigenvalue weighted by Crippen LogP contribution is -2.11. The van der Waals surface area contributed by atoms with Crippen LogP contribution in [0, 0.1) is 0 Å². The molecule has 0 saturated heterocycles. The number of unbranched alkanes of at least 4 members (excludes halogenated alkanes) is 6. The van der Waals surface area contributed by atoms with E-state index < -0.39 is 0 Å². The van der Waals surface area contributed by atoms with E-state index in [2.05, 4.69) is 62.4 Å². The Morgan fingerprint density at radius 2 is 1.31 bits per heavy atom. The van der Waals surface area contributed by atoms with Gasteiger partial charge in [-0.15, -0.1) is 0 Å². The maximum absolute atomic E-state index is 6.06. The van der Waals surface area contributed by atoms with Gasteiger partial charge in [-0.2, -0.15) is 0 Å². The SMILES string of the molecule is CCCCCCC(C)Oc1ccc(-c2ccc(OCCCCCCN)cc2)cc1. The number of rotatable bonds is 15. The molecule has 0 saturated carbocycles. The van der Waals surface area contributed by atoms with Gasteiger partial charge in [0, 0.05) is 0 Å². The van der Waals surface area contributed by atoms with Gasteiger partial charge in [0.25, 0.3) is 0 Å². The van der Waals surface area contributed by atoms with Crippen LogP contribution in [0.5, 0.6) is 11.5 Å². The highest BCUT2D eigenvalue weighted by Crippen LogP contribution is 2.25. The maximum atomic E-state index is 6.06. The van der Waals surface area contributed by atoms with Crippen molar-refractivity contribution in [3.8, 4) is 22.6 Å². The standard InChI is InChI=1S/C26H39NO2/c1-3-4-5-8-11-22(2)29-26-18-14-24(15-19-26)23-12-16-25(17-13-23)28-21-10-7-6-9-20-27/h12-19,22H,3-11,20-21,27H2,1-2H3. The zero-order chi connectivity index (χ0) is 20.7. The van der Waals surface area contributed by atoms with Crippen LogP contribution in [0.2, 0.25) is 0 Å². The molecule has 3 nitrogen and oxygen atoms in total. The topological polar surface area (TPSA) is 44.5 Å². The van der Waals surface area contributed by atoms with Crippen LogP contribution in [0.25, 0.3) is 11.1 Å². The molecule has 0 fully saturated rings. The quantitative estimate of drug-likeness (QED) is 0.329. The van der Waals surface area contributed by atoms with E-state index in [0.29, 0.717) is 0 Å². The summed E-state index contributed by atoms with van der Waals surface area (Å²) in [6.07, 6.45) is 11.1. The van der Waals surface area contributed by atoms with Gasteiger partial charge in [0.1, 0.15) is 11.5 Å². The van der Waals surface area contributed by atoms with Crippen LogP contribution in [0.15, 0.2) is 48.5 Å². The predicted octanol–water partition coefficient (Wildman–Crippen LogP) is 6.99. The first-order valence-corrected chi connectivity index (χ1v) is 11.4. The third kappa shape index (κ3) is 9.36. The molecule has 2 aromatic rings. The van der Waals surface area contributed by atoms with Gasteiger partial charge in [-0.05, 0) is 74.5 Å². The van der Waals surface area contributed by atoms with Crippen LogP contribution in [-0.2, 0) is 0 Å². The Kier molecular flexibility index (Phi) is 11.3. The van der Waals surface area contributed by atoms with Gasteiger partial charge in [-0.25, -0.2) is 0 Å². The summed E-state index contributed by atoms with van der Waals surface area (Å²) in [7, 11) is 0. The van der Waals surface area contributed by atoms with Crippen LogP contribution >= 0.6 is 0 Å². The van der Waals surface area contributed by atoms with E-state index in [-0.39, 0.29) is 6.10 Å². The van der Waals surface area contributed by atoms with Crippen molar-refractivity contribution in [1.82, 2.24) is 0 Å². The van der Waals surface area contributed by atoms with E-state index in [0.717, 1.165) is 43.9 Å². The average molecular weight is 398 g/mol. The lowest BCUT2D eigenvalue weighted by atomic mass is 10.1. The average Bonchev–Trinajstić information content (AvgIpc) is 2.75. The molecule has 2 aromatic carbocycles. The first kappa shape index (κ1) is 23.3. The Labute approximate surface area is 177 Å². The van der Waals surface area contributed by atoms with E-state index in [1.54, 1.807) is 0 Å². The molecule has 0 aliphatic heterocycles. The second-order valence-corrected chi connectivity index (χ2v) is 7.88. The van der Waals surface area contributed by atoms with E-state index in [9.17, 15) is 0 Å². The van der Waals surface area contributed by atoms with Gasteiger partial charge in [0.15, 0.2) is 0 Å². The van der Waals surface area contributed by atoms with Crippen LogP contribution in [0.3, 0.4) is 0 Å². The van der Waals surface area contributed by atoms with Crippen LogP contribution < -0.4 is 15.2 Å². The van der Waals surface area contributed by atoms with Crippen molar-refractivity contribution in [2.75, 3.05) is 13.2 Å². The van der Waals surface area contributed by atoms with E-state index >= 15 is 0 Å². The van der Waals surface area contributed by atoms with Gasteiger partial charge in [0.05, 0.1) is 12.7 Å². The molecule has 0 heterocycles. The van der Waals surface area contributed by atoms with Gasteiger partial charge in [-0.3, -0.25) is 0 Å². The van der Waals surface area contributed by atoms with Crippen LogP contribution in [0.1, 0.15) is 71.6 Å². The van der Waals surface area contributed by atoms with E-state index in [1.165, 1.54) is 49.7 Å². The van der Waals surface area contributed by atoms with Crippen molar-refractivity contribution in [3.05, 3.63) is 48.5 Å². The summed E-state index contributed by atoms with van der Waals surface area (Å²) in [6, 6.07) is 16.8. The zero-order valence-electron chi connectivity index (χ0n) is 18.4. The summed E-state index contributed by atoms with van der Waals surface area (Å²) in [5.41, 5.74) is 7.90. The Morgan fingerprint density at radius 1 is 0.724 bits per heavy atom. The molecule has 0 spiro atoms. The first-order chi connectivity index (χ1) is 14.2. The summed E-state index contributed by atoms with van der Waals surface area (Å²) in [4.78, 5) is 0. The first-order valence-electron chi connectivity index (χ1n) is 11.4. The van der Waals surface area contributed by atoms with Gasteiger partial charge >= 0.3 is 0 Å². The highest BCUT2D eigenvalue weighted by Gasteiger charge is 2.05. The lowest BCUT2D eigenvalue weighted by Gasteiger charge is -2.15. The number of nitrogens with two attached hydrogens (primary N) is 1. The molecule has 160 valence electrons. The molecule has 0 aliphatic rings. The Balaban J connectivity index is 1.76. The summed E-state index contributed by atoms with van der Waals surface area (Å²) in [5.74, 6) is 1.88. The van der Waals surface area contributed by atoms with Crippen molar-refractivity contribution in [2.45, 2.75) is 77.7 Å². The molecule has 29 heavy (non-hydrogen) atoms. The van der Waals surface area contributed by atoms with Gasteiger partial charge < -0.3 is 15.2 Å². The molecule has 0 radical (unpaired) electrons. The maximum Gasteiger partial charge on any atom is 0.119 e. The smallest absolute Gasteiger partial charge is 0.119 e. The summed E-state index contributed by atoms with van der Waals surface area (Å²) < 4.78 is 11.9. The molecule has 3 heteroatoms. The summed E-state index contributed by atoms with van der Waals surface area (Å²) in [6.45, 7) is 5.96. The van der Waals surface area contributed by atoms with Crippen molar-refractivity contribution in [2.24, 2.45) is 5.73 Å². The molecule has 0 aromatic heterocycles. The van der Waals surface area contributed by atoms with E-state index in [4.69, 9.17) is 15.2 Å². The third-order valence-corrected chi connectivity index (χ3v) is 5.21. The Morgan fingerprint density at radius 3 is 1.93 bits per heavy atom. The molecule has 1 atom stereocenters. The Hall–Kier alpha value is -2.00. The lowest BCUT2D eigenvalue weighted by molar-refractivity contribution is 0.206. The Bertz CT molecular complexity index is 651. The molecule has 0 amide bonds. The molecule has 2 N–H and O–H groups in total. The highest BCUT2D eigenvalue weighted by molar-refractivity contribution is 5.64. The number of ether oxygens (including phenoxy) is 2. The predicted molar refractivity (Wildman–Crippen MR) is 124 cm³/mol. The highest BCUT2D eigenvalue weighted by atomic mass is 16.5. The second kappa shape index (κ2) is 14.1. The fourth-order valence-corrected chi connectivity index (χ4v) is 3.41. The fraction of sp³-hybridized carbons (Fsp3) is 0.538. The van der Waals surface area contributed by atoms with Crippen LogP contribution in [0.4, 0.5) is 0 Å². The van der Waals surface area contributed by atoms with Crippen molar-refractivity contribution < 1.29 is 9.47 Å². The fourth-order valence-electron chi connectivity index (χ4n) is 3.41. The minimum atomic E-state index is 0.268. The molecule has 2 rings (SSSR count). The number of hydrogen-bond acceptors (Lipinski definition) is 3. The normalized spacial score (nSPS) is 12.0. The van der Waals surface area contributed by atoms with Crippen molar-refractivity contribution >= 4 is 0 Å². The van der Waals surface area contributed by atoms with Crippen LogP contribution in [-0.4, -0.2) is 19.3 Å². The van der Waals surface area contributed by atoms with Crippen molar-refractivity contribution in [3.63, 3.8) is 0 Å². The minimum Gasteiger partial charge on any atom is -0.494 e. The second-order valence-electron chi connectivity index (χ2n) is 7.88.